The molecule has 0 amide bonds. The van der Waals surface area contributed by atoms with Gasteiger partial charge in [-0.15, -0.1) is 0 Å². The minimum atomic E-state index is -0.453. The Hall–Kier alpha value is -2.07. The van der Waals surface area contributed by atoms with Gasteiger partial charge in [0.15, 0.2) is 5.78 Å². The summed E-state index contributed by atoms with van der Waals surface area (Å²) in [4.78, 5) is 25.4. The van der Waals surface area contributed by atoms with E-state index in [9.17, 15) is 9.59 Å². The van der Waals surface area contributed by atoms with Crippen molar-refractivity contribution in [2.24, 2.45) is 5.41 Å². The van der Waals surface area contributed by atoms with Crippen LogP contribution in [0.2, 0.25) is 5.02 Å². The summed E-state index contributed by atoms with van der Waals surface area (Å²) in [5.74, 6) is -0.817. The second-order valence-corrected chi connectivity index (χ2v) is 7.91. The number of halogens is 1. The van der Waals surface area contributed by atoms with Crippen LogP contribution in [0.5, 0.6) is 0 Å². The number of Topliss-reactive ketones (excluding diaryl/α,β-unsaturated/α-hetero) is 1. The average molecular weight is 360 g/mol. The molecule has 0 bridgehead atoms. The lowest BCUT2D eigenvalue weighted by Gasteiger charge is -2.39. The highest BCUT2D eigenvalue weighted by molar-refractivity contribution is 6.30. The number of ketones is 1. The smallest absolute Gasteiger partial charge is 0.336 e. The molecule has 3 rings (SSSR count). The third-order valence-electron chi connectivity index (χ3n) is 4.83. The van der Waals surface area contributed by atoms with Gasteiger partial charge in [-0.3, -0.25) is 4.79 Å². The molecule has 0 aromatic heterocycles. The maximum absolute atomic E-state index is 13.0. The van der Waals surface area contributed by atoms with Crippen LogP contribution in [0.4, 0.5) is 0 Å². The number of methoxy groups -OCH3 is 1. The highest BCUT2D eigenvalue weighted by Gasteiger charge is 2.42. The summed E-state index contributed by atoms with van der Waals surface area (Å²) in [6.45, 7) is 6.01. The second-order valence-electron chi connectivity index (χ2n) is 7.48. The van der Waals surface area contributed by atoms with Crippen molar-refractivity contribution in [2.75, 3.05) is 7.11 Å². The van der Waals surface area contributed by atoms with Gasteiger partial charge in [0.1, 0.15) is 0 Å². The number of nitrogens with one attached hydrogen (secondary N) is 1. The number of allylic oxidation sites excluding steroid dienone is 3. The average Bonchev–Trinajstić information content (AvgIpc) is 2.51. The standard InChI is InChI=1S/C20H22ClNO3/c1-11-16(19(24)25-4)17(12-6-5-7-13(21)8-12)18-14(22-11)9-20(2,3)10-15(18)23/h5-8,17,22H,9-10H2,1-4H3. The number of rotatable bonds is 2. The summed E-state index contributed by atoms with van der Waals surface area (Å²) in [6, 6.07) is 7.32. The number of esters is 1. The fourth-order valence-corrected chi connectivity index (χ4v) is 4.03. The van der Waals surface area contributed by atoms with Crippen molar-refractivity contribution in [1.29, 1.82) is 0 Å². The van der Waals surface area contributed by atoms with Gasteiger partial charge >= 0.3 is 5.97 Å². The van der Waals surface area contributed by atoms with Crippen LogP contribution < -0.4 is 5.32 Å². The summed E-state index contributed by atoms with van der Waals surface area (Å²) in [5, 5.41) is 3.86. The van der Waals surface area contributed by atoms with Gasteiger partial charge in [0, 0.05) is 34.3 Å². The predicted molar refractivity (Wildman–Crippen MR) is 97.1 cm³/mol. The van der Waals surface area contributed by atoms with Crippen LogP contribution in [-0.4, -0.2) is 18.9 Å². The monoisotopic (exact) mass is 359 g/mol. The zero-order valence-electron chi connectivity index (χ0n) is 14.9. The molecule has 1 aliphatic heterocycles. The van der Waals surface area contributed by atoms with Gasteiger partial charge in [0.2, 0.25) is 0 Å². The Kier molecular flexibility index (Phi) is 4.50. The lowest BCUT2D eigenvalue weighted by molar-refractivity contribution is -0.136. The van der Waals surface area contributed by atoms with Crippen LogP contribution in [-0.2, 0) is 14.3 Å². The minimum absolute atomic E-state index is 0.0672. The first-order valence-electron chi connectivity index (χ1n) is 8.31. The molecule has 1 heterocycles. The van der Waals surface area contributed by atoms with Crippen LogP contribution in [0.3, 0.4) is 0 Å². The molecule has 5 heteroatoms. The van der Waals surface area contributed by atoms with E-state index in [-0.39, 0.29) is 11.2 Å². The molecule has 4 nitrogen and oxygen atoms in total. The summed E-state index contributed by atoms with van der Waals surface area (Å²) in [6.07, 6.45) is 1.22. The van der Waals surface area contributed by atoms with E-state index in [1.54, 1.807) is 6.07 Å². The SMILES string of the molecule is COC(=O)C1=C(C)NC2=C(C(=O)CC(C)(C)C2)C1c1cccc(Cl)c1. The molecule has 0 saturated heterocycles. The molecule has 1 N–H and O–H groups in total. The molecule has 25 heavy (non-hydrogen) atoms. The highest BCUT2D eigenvalue weighted by atomic mass is 35.5. The Morgan fingerprint density at radius 2 is 2.04 bits per heavy atom. The third kappa shape index (κ3) is 3.23. The van der Waals surface area contributed by atoms with E-state index >= 15 is 0 Å². The van der Waals surface area contributed by atoms with Gasteiger partial charge in [-0.2, -0.15) is 0 Å². The summed E-state index contributed by atoms with van der Waals surface area (Å²) in [5.41, 5.74) is 3.47. The van der Waals surface area contributed by atoms with Crippen molar-refractivity contribution in [2.45, 2.75) is 39.5 Å². The number of carbonyl (C=O) groups is 2. The molecule has 132 valence electrons. The fourth-order valence-electron chi connectivity index (χ4n) is 3.84. The Morgan fingerprint density at radius 1 is 1.32 bits per heavy atom. The first-order valence-corrected chi connectivity index (χ1v) is 8.69. The largest absolute Gasteiger partial charge is 0.466 e. The van der Waals surface area contributed by atoms with E-state index in [1.807, 2.05) is 25.1 Å². The van der Waals surface area contributed by atoms with Crippen molar-refractivity contribution in [3.63, 3.8) is 0 Å². The van der Waals surface area contributed by atoms with Crippen LogP contribution in [0.25, 0.3) is 0 Å². The molecular formula is C20H22ClNO3. The van der Waals surface area contributed by atoms with Gasteiger partial charge in [-0.05, 0) is 36.5 Å². The molecule has 0 radical (unpaired) electrons. The number of hydrogen-bond acceptors (Lipinski definition) is 4. The lowest BCUT2D eigenvalue weighted by Crippen LogP contribution is -2.38. The zero-order chi connectivity index (χ0) is 18.4. The summed E-state index contributed by atoms with van der Waals surface area (Å²) in [7, 11) is 1.35. The summed E-state index contributed by atoms with van der Waals surface area (Å²) < 4.78 is 4.99. The Morgan fingerprint density at radius 3 is 2.68 bits per heavy atom. The van der Waals surface area contributed by atoms with Crippen molar-refractivity contribution in [3.8, 4) is 0 Å². The van der Waals surface area contributed by atoms with Gasteiger partial charge in [0.25, 0.3) is 0 Å². The van der Waals surface area contributed by atoms with E-state index in [0.29, 0.717) is 22.6 Å². The van der Waals surface area contributed by atoms with Crippen LogP contribution in [0.1, 0.15) is 45.1 Å². The van der Waals surface area contributed by atoms with Crippen molar-refractivity contribution >= 4 is 23.4 Å². The number of ether oxygens (including phenoxy) is 1. The van der Waals surface area contributed by atoms with Crippen LogP contribution in [0, 0.1) is 5.41 Å². The maximum Gasteiger partial charge on any atom is 0.336 e. The maximum atomic E-state index is 13.0. The van der Waals surface area contributed by atoms with Gasteiger partial charge in [-0.25, -0.2) is 4.79 Å². The third-order valence-corrected chi connectivity index (χ3v) is 5.06. The van der Waals surface area contributed by atoms with Crippen molar-refractivity contribution in [3.05, 3.63) is 57.4 Å². The molecular weight excluding hydrogens is 338 g/mol. The lowest BCUT2D eigenvalue weighted by atomic mass is 9.68. The Balaban J connectivity index is 2.21. The molecule has 1 aliphatic carbocycles. The molecule has 1 aromatic rings. The van der Waals surface area contributed by atoms with Crippen LogP contribution in [0.15, 0.2) is 46.8 Å². The minimum Gasteiger partial charge on any atom is -0.466 e. The number of carbonyl (C=O) groups excluding carboxylic acids is 2. The van der Waals surface area contributed by atoms with Gasteiger partial charge in [0.05, 0.1) is 12.7 Å². The van der Waals surface area contributed by atoms with E-state index in [2.05, 4.69) is 19.2 Å². The second kappa shape index (κ2) is 6.34. The topological polar surface area (TPSA) is 55.4 Å². The molecule has 0 fully saturated rings. The number of dihydropyridines is 1. The normalized spacial score (nSPS) is 22.4. The van der Waals surface area contributed by atoms with E-state index < -0.39 is 11.9 Å². The van der Waals surface area contributed by atoms with Gasteiger partial charge in [-0.1, -0.05) is 37.6 Å². The molecule has 0 saturated carbocycles. The Labute approximate surface area is 152 Å². The summed E-state index contributed by atoms with van der Waals surface area (Å²) >= 11 is 6.17. The zero-order valence-corrected chi connectivity index (χ0v) is 15.7. The fraction of sp³-hybridized carbons (Fsp3) is 0.400. The Bertz CT molecular complexity index is 820. The molecule has 1 unspecified atom stereocenters. The van der Waals surface area contributed by atoms with Crippen molar-refractivity contribution < 1.29 is 14.3 Å². The van der Waals surface area contributed by atoms with Gasteiger partial charge < -0.3 is 10.1 Å². The molecule has 2 aliphatic rings. The first-order chi connectivity index (χ1) is 11.7. The molecule has 1 aromatic carbocycles. The highest BCUT2D eigenvalue weighted by Crippen LogP contribution is 2.46. The number of hydrogen-bond donors (Lipinski definition) is 1. The van der Waals surface area contributed by atoms with Crippen molar-refractivity contribution in [1.82, 2.24) is 5.32 Å². The first kappa shape index (κ1) is 17.7. The number of benzene rings is 1. The van der Waals surface area contributed by atoms with E-state index in [0.717, 1.165) is 23.4 Å². The van der Waals surface area contributed by atoms with E-state index in [4.69, 9.17) is 16.3 Å². The molecule has 1 atom stereocenters. The molecule has 0 spiro atoms. The van der Waals surface area contributed by atoms with Crippen LogP contribution >= 0.6 is 11.6 Å². The quantitative estimate of drug-likeness (QED) is 0.807. The van der Waals surface area contributed by atoms with E-state index in [1.165, 1.54) is 7.11 Å². The predicted octanol–water partition coefficient (Wildman–Crippen LogP) is 4.12.